The van der Waals surface area contributed by atoms with Gasteiger partial charge in [-0.25, -0.2) is 4.98 Å². The highest BCUT2D eigenvalue weighted by atomic mass is 32.2. The van der Waals surface area contributed by atoms with Crippen LogP contribution in [-0.2, 0) is 4.79 Å². The summed E-state index contributed by atoms with van der Waals surface area (Å²) in [6.45, 7) is 0. The molecule has 4 aromatic heterocycles. The van der Waals surface area contributed by atoms with Gasteiger partial charge in [-0.15, -0.1) is 21.5 Å². The molecular formula is C15H11N7OS2. The number of nitrogens with zero attached hydrogens (tertiary/aromatic N) is 6. The molecule has 0 aliphatic rings. The first-order valence-electron chi connectivity index (χ1n) is 7.24. The average molecular weight is 369 g/mol. The number of thiazole rings is 1. The van der Waals surface area contributed by atoms with E-state index in [0.29, 0.717) is 21.6 Å². The number of anilines is 1. The number of aromatic nitrogens is 6. The van der Waals surface area contributed by atoms with E-state index >= 15 is 0 Å². The molecule has 0 fully saturated rings. The second-order valence-corrected chi connectivity index (χ2v) is 6.77. The molecule has 1 N–H and O–H groups in total. The molecule has 25 heavy (non-hydrogen) atoms. The summed E-state index contributed by atoms with van der Waals surface area (Å²) in [5.41, 5.74) is 1.46. The minimum absolute atomic E-state index is 0.127. The fourth-order valence-corrected chi connectivity index (χ4v) is 3.30. The molecule has 0 atom stereocenters. The van der Waals surface area contributed by atoms with E-state index in [-0.39, 0.29) is 11.7 Å². The maximum absolute atomic E-state index is 12.0. The van der Waals surface area contributed by atoms with Gasteiger partial charge >= 0.3 is 0 Å². The first-order chi connectivity index (χ1) is 12.3. The lowest BCUT2D eigenvalue weighted by Gasteiger charge is -2.03. The van der Waals surface area contributed by atoms with Crippen LogP contribution in [0.3, 0.4) is 0 Å². The Bertz CT molecular complexity index is 1000. The van der Waals surface area contributed by atoms with Crippen LogP contribution in [0.15, 0.2) is 53.3 Å². The molecule has 0 aliphatic carbocycles. The topological polar surface area (TPSA) is 98.0 Å². The highest BCUT2D eigenvalue weighted by molar-refractivity contribution is 7.99. The van der Waals surface area contributed by atoms with Crippen LogP contribution in [-0.4, -0.2) is 41.4 Å². The lowest BCUT2D eigenvalue weighted by Crippen LogP contribution is -2.14. The van der Waals surface area contributed by atoms with Crippen LogP contribution in [0.5, 0.6) is 0 Å². The van der Waals surface area contributed by atoms with E-state index in [1.807, 2.05) is 29.6 Å². The number of rotatable bonds is 5. The van der Waals surface area contributed by atoms with Crippen molar-refractivity contribution >= 4 is 39.8 Å². The molecule has 1 amide bonds. The Hall–Kier alpha value is -2.85. The Morgan fingerprint density at radius 3 is 3.00 bits per heavy atom. The Labute approximate surface area is 150 Å². The van der Waals surface area contributed by atoms with Crippen LogP contribution in [0.1, 0.15) is 0 Å². The third-order valence-electron chi connectivity index (χ3n) is 3.19. The standard InChI is InChI=1S/C15H11N7OS2/c23-12(18-15-17-6-7-24-15)9-25-13-4-3-11-19-20-14(22(11)21-13)10-2-1-5-16-8-10/h1-8H,9H2,(H,17,18,23). The minimum atomic E-state index is -0.127. The van der Waals surface area contributed by atoms with Crippen molar-refractivity contribution in [2.75, 3.05) is 11.1 Å². The van der Waals surface area contributed by atoms with Gasteiger partial charge in [0.25, 0.3) is 0 Å². The molecule has 4 heterocycles. The number of fused-ring (bicyclic) bond motifs is 1. The molecular weight excluding hydrogens is 358 g/mol. The van der Waals surface area contributed by atoms with Gasteiger partial charge in [-0.05, 0) is 24.3 Å². The van der Waals surface area contributed by atoms with Crippen molar-refractivity contribution in [3.8, 4) is 11.4 Å². The second-order valence-electron chi connectivity index (χ2n) is 4.88. The molecule has 8 nitrogen and oxygen atoms in total. The summed E-state index contributed by atoms with van der Waals surface area (Å²) in [7, 11) is 0. The van der Waals surface area contributed by atoms with E-state index in [4.69, 9.17) is 0 Å². The number of thioether (sulfide) groups is 1. The van der Waals surface area contributed by atoms with Gasteiger partial charge < -0.3 is 5.32 Å². The zero-order valence-corrected chi connectivity index (χ0v) is 14.4. The van der Waals surface area contributed by atoms with Crippen LogP contribution in [0.25, 0.3) is 17.0 Å². The van der Waals surface area contributed by atoms with Crippen LogP contribution in [0.2, 0.25) is 0 Å². The quantitative estimate of drug-likeness (QED) is 0.539. The van der Waals surface area contributed by atoms with Gasteiger partial charge in [-0.3, -0.25) is 9.78 Å². The Morgan fingerprint density at radius 2 is 2.20 bits per heavy atom. The predicted molar refractivity (Wildman–Crippen MR) is 95.5 cm³/mol. The van der Waals surface area contributed by atoms with E-state index in [9.17, 15) is 4.79 Å². The molecule has 0 bridgehead atoms. The van der Waals surface area contributed by atoms with Crippen molar-refractivity contribution in [1.29, 1.82) is 0 Å². The predicted octanol–water partition coefficient (Wildman–Crippen LogP) is 2.37. The number of amides is 1. The number of hydrogen-bond donors (Lipinski definition) is 1. The maximum atomic E-state index is 12.0. The van der Waals surface area contributed by atoms with Gasteiger partial charge in [0.1, 0.15) is 5.03 Å². The second kappa shape index (κ2) is 6.95. The summed E-state index contributed by atoms with van der Waals surface area (Å²) in [6.07, 6.45) is 5.05. The molecule has 0 saturated heterocycles. The average Bonchev–Trinajstić information content (AvgIpc) is 3.30. The van der Waals surface area contributed by atoms with E-state index in [1.165, 1.54) is 23.1 Å². The zero-order chi connectivity index (χ0) is 17.1. The monoisotopic (exact) mass is 369 g/mol. The number of hydrogen-bond acceptors (Lipinski definition) is 8. The number of pyridine rings is 1. The smallest absolute Gasteiger partial charge is 0.236 e. The molecule has 0 aliphatic heterocycles. The first-order valence-corrected chi connectivity index (χ1v) is 9.11. The normalized spacial score (nSPS) is 10.9. The molecule has 10 heteroatoms. The molecule has 0 saturated carbocycles. The number of carbonyl (C=O) groups is 1. The fourth-order valence-electron chi connectivity index (χ4n) is 2.10. The molecule has 124 valence electrons. The summed E-state index contributed by atoms with van der Waals surface area (Å²) in [6, 6.07) is 7.36. The summed E-state index contributed by atoms with van der Waals surface area (Å²) in [4.78, 5) is 20.1. The molecule has 0 spiro atoms. The molecule has 4 rings (SSSR count). The van der Waals surface area contributed by atoms with Crippen molar-refractivity contribution in [2.24, 2.45) is 0 Å². The van der Waals surface area contributed by atoms with E-state index in [2.05, 4.69) is 30.6 Å². The lowest BCUT2D eigenvalue weighted by atomic mass is 10.3. The van der Waals surface area contributed by atoms with Crippen LogP contribution < -0.4 is 5.32 Å². The first kappa shape index (κ1) is 15.7. The zero-order valence-electron chi connectivity index (χ0n) is 12.7. The Kier molecular flexibility index (Phi) is 4.36. The van der Waals surface area contributed by atoms with Gasteiger partial charge in [0, 0.05) is 29.5 Å². The molecule has 0 unspecified atom stereocenters. The SMILES string of the molecule is O=C(CSc1ccc2nnc(-c3cccnc3)n2n1)Nc1nccs1. The van der Waals surface area contributed by atoms with E-state index < -0.39 is 0 Å². The Balaban J connectivity index is 1.52. The summed E-state index contributed by atoms with van der Waals surface area (Å²) in [5.74, 6) is 0.721. The molecule has 0 aromatic carbocycles. The summed E-state index contributed by atoms with van der Waals surface area (Å²) in [5, 5.41) is 18.6. The van der Waals surface area contributed by atoms with Crippen LogP contribution in [0, 0.1) is 0 Å². The van der Waals surface area contributed by atoms with E-state index in [0.717, 1.165) is 5.56 Å². The van der Waals surface area contributed by atoms with Crippen molar-refractivity contribution in [3.05, 3.63) is 48.2 Å². The molecule has 4 aromatic rings. The van der Waals surface area contributed by atoms with Crippen molar-refractivity contribution in [3.63, 3.8) is 0 Å². The van der Waals surface area contributed by atoms with E-state index in [1.54, 1.807) is 23.1 Å². The van der Waals surface area contributed by atoms with Crippen LogP contribution in [0.4, 0.5) is 5.13 Å². The fraction of sp³-hybridized carbons (Fsp3) is 0.0667. The Morgan fingerprint density at radius 1 is 1.24 bits per heavy atom. The lowest BCUT2D eigenvalue weighted by molar-refractivity contribution is -0.113. The van der Waals surface area contributed by atoms with Gasteiger partial charge in [0.2, 0.25) is 5.91 Å². The third kappa shape index (κ3) is 3.49. The maximum Gasteiger partial charge on any atom is 0.236 e. The summed E-state index contributed by atoms with van der Waals surface area (Å²) >= 11 is 2.72. The highest BCUT2D eigenvalue weighted by Crippen LogP contribution is 2.20. The van der Waals surface area contributed by atoms with Crippen molar-refractivity contribution in [2.45, 2.75) is 5.03 Å². The van der Waals surface area contributed by atoms with Crippen molar-refractivity contribution < 1.29 is 4.79 Å². The number of nitrogens with one attached hydrogen (secondary N) is 1. The van der Waals surface area contributed by atoms with Gasteiger partial charge in [-0.2, -0.15) is 9.61 Å². The number of carbonyl (C=O) groups excluding carboxylic acids is 1. The highest BCUT2D eigenvalue weighted by Gasteiger charge is 2.11. The van der Waals surface area contributed by atoms with Gasteiger partial charge in [0.15, 0.2) is 16.6 Å². The van der Waals surface area contributed by atoms with Gasteiger partial charge in [-0.1, -0.05) is 11.8 Å². The summed E-state index contributed by atoms with van der Waals surface area (Å²) < 4.78 is 1.65. The minimum Gasteiger partial charge on any atom is -0.301 e. The van der Waals surface area contributed by atoms with Crippen LogP contribution >= 0.6 is 23.1 Å². The largest absolute Gasteiger partial charge is 0.301 e. The molecule has 0 radical (unpaired) electrons. The van der Waals surface area contributed by atoms with Crippen molar-refractivity contribution in [1.82, 2.24) is 29.8 Å². The third-order valence-corrected chi connectivity index (χ3v) is 4.80. The van der Waals surface area contributed by atoms with Gasteiger partial charge in [0.05, 0.1) is 5.75 Å².